The maximum atomic E-state index is 12.1. The molecule has 0 aromatic rings. The van der Waals surface area contributed by atoms with Gasteiger partial charge in [-0.25, -0.2) is 0 Å². The second kappa shape index (κ2) is 9.08. The van der Waals surface area contributed by atoms with Crippen molar-refractivity contribution in [3.8, 4) is 0 Å². The summed E-state index contributed by atoms with van der Waals surface area (Å²) in [6.07, 6.45) is 10.9. The van der Waals surface area contributed by atoms with Crippen LogP contribution in [0.1, 0.15) is 33.1 Å². The molecule has 5 nitrogen and oxygen atoms in total. The van der Waals surface area contributed by atoms with E-state index in [0.29, 0.717) is 12.5 Å². The van der Waals surface area contributed by atoms with Crippen molar-refractivity contribution in [3.63, 3.8) is 0 Å². The second-order valence-corrected chi connectivity index (χ2v) is 6.30. The smallest absolute Gasteiger partial charge is 0.239 e. The molecule has 0 unspecified atom stereocenters. The number of piperazine rings is 1. The molecule has 1 aliphatic carbocycles. The van der Waals surface area contributed by atoms with Crippen molar-refractivity contribution in [2.45, 2.75) is 45.2 Å². The normalized spacial score (nSPS) is 21.7. The Hall–Kier alpha value is -1.33. The van der Waals surface area contributed by atoms with Crippen molar-refractivity contribution in [2.24, 2.45) is 5.73 Å². The Morgan fingerprint density at radius 1 is 1.35 bits per heavy atom. The van der Waals surface area contributed by atoms with E-state index in [-0.39, 0.29) is 11.9 Å². The van der Waals surface area contributed by atoms with Gasteiger partial charge in [0.15, 0.2) is 0 Å². The summed E-state index contributed by atoms with van der Waals surface area (Å²) < 4.78 is 5.80. The van der Waals surface area contributed by atoms with E-state index >= 15 is 0 Å². The van der Waals surface area contributed by atoms with E-state index in [9.17, 15) is 4.79 Å². The molecule has 2 aliphatic rings. The highest BCUT2D eigenvalue weighted by molar-refractivity contribution is 5.81. The van der Waals surface area contributed by atoms with Crippen LogP contribution in [0.25, 0.3) is 0 Å². The monoisotopic (exact) mass is 320 g/mol. The van der Waals surface area contributed by atoms with Gasteiger partial charge in [0, 0.05) is 32.2 Å². The van der Waals surface area contributed by atoms with Crippen LogP contribution in [0.15, 0.2) is 24.0 Å². The maximum Gasteiger partial charge on any atom is 0.239 e. The van der Waals surface area contributed by atoms with Gasteiger partial charge < -0.3 is 15.4 Å². The van der Waals surface area contributed by atoms with Gasteiger partial charge in [0.05, 0.1) is 12.6 Å². The van der Waals surface area contributed by atoms with Gasteiger partial charge in [-0.05, 0) is 44.8 Å². The number of hydrogen-bond acceptors (Lipinski definition) is 4. The first kappa shape index (κ1) is 18.0. The van der Waals surface area contributed by atoms with E-state index in [0.717, 1.165) is 51.4 Å². The summed E-state index contributed by atoms with van der Waals surface area (Å²) in [6.45, 7) is 8.31. The number of carbonyl (C=O) groups is 1. The number of hydrogen-bond donors (Lipinski definition) is 1. The largest absolute Gasteiger partial charge is 0.494 e. The third-order valence-electron chi connectivity index (χ3n) is 4.66. The van der Waals surface area contributed by atoms with E-state index in [2.05, 4.69) is 24.3 Å². The zero-order valence-corrected chi connectivity index (χ0v) is 14.4. The Balaban J connectivity index is 1.67. The molecule has 1 fully saturated rings. The molecule has 2 rings (SSSR count). The highest BCUT2D eigenvalue weighted by atomic mass is 16.5. The molecular formula is C18H30N3O2. The Morgan fingerprint density at radius 2 is 2.09 bits per heavy atom. The van der Waals surface area contributed by atoms with Crippen LogP contribution in [0.4, 0.5) is 0 Å². The van der Waals surface area contributed by atoms with Crippen LogP contribution in [0.3, 0.4) is 0 Å². The average Bonchev–Trinajstić information content (AvgIpc) is 2.61. The lowest BCUT2D eigenvalue weighted by Gasteiger charge is -2.38. The van der Waals surface area contributed by atoms with Crippen LogP contribution in [-0.4, -0.2) is 60.6 Å². The number of allylic oxidation sites excluding steroid dienone is 3. The van der Waals surface area contributed by atoms with Gasteiger partial charge >= 0.3 is 0 Å². The fourth-order valence-electron chi connectivity index (χ4n) is 2.92. The van der Waals surface area contributed by atoms with Gasteiger partial charge in [0.1, 0.15) is 5.76 Å². The molecule has 0 spiro atoms. The van der Waals surface area contributed by atoms with Crippen LogP contribution >= 0.6 is 0 Å². The van der Waals surface area contributed by atoms with E-state index in [1.54, 1.807) is 0 Å². The summed E-state index contributed by atoms with van der Waals surface area (Å²) in [6, 6.07) is 0.119. The first-order chi connectivity index (χ1) is 11.1. The third kappa shape index (κ3) is 5.36. The molecule has 0 saturated carbocycles. The number of carbonyl (C=O) groups excluding carboxylic acids is 1. The highest BCUT2D eigenvalue weighted by Crippen LogP contribution is 2.13. The minimum absolute atomic E-state index is 0.0935. The first-order valence-electron chi connectivity index (χ1n) is 8.73. The van der Waals surface area contributed by atoms with Crippen molar-refractivity contribution >= 4 is 5.91 Å². The minimum atomic E-state index is -0.346. The molecule has 0 aromatic heterocycles. The van der Waals surface area contributed by atoms with E-state index in [1.165, 1.54) is 0 Å². The van der Waals surface area contributed by atoms with Crippen molar-refractivity contribution in [3.05, 3.63) is 30.4 Å². The van der Waals surface area contributed by atoms with Gasteiger partial charge in [0.25, 0.3) is 0 Å². The van der Waals surface area contributed by atoms with Crippen molar-refractivity contribution in [1.29, 1.82) is 0 Å². The molecule has 2 N–H and O–H groups in total. The van der Waals surface area contributed by atoms with E-state index in [1.807, 2.05) is 24.0 Å². The van der Waals surface area contributed by atoms with Crippen LogP contribution in [0, 0.1) is 6.42 Å². The van der Waals surface area contributed by atoms with Crippen molar-refractivity contribution < 1.29 is 9.53 Å². The van der Waals surface area contributed by atoms with Crippen LogP contribution in [0.2, 0.25) is 0 Å². The molecule has 1 radical (unpaired) electrons. The second-order valence-electron chi connectivity index (χ2n) is 6.30. The molecule has 0 aromatic carbocycles. The van der Waals surface area contributed by atoms with Crippen molar-refractivity contribution in [2.75, 3.05) is 32.8 Å². The maximum absolute atomic E-state index is 12.1. The predicted octanol–water partition coefficient (Wildman–Crippen LogP) is 1.71. The van der Waals surface area contributed by atoms with Crippen LogP contribution in [-0.2, 0) is 9.53 Å². The molecular weight excluding hydrogens is 290 g/mol. The number of nitrogens with zero attached hydrogens (tertiary/aromatic N) is 2. The van der Waals surface area contributed by atoms with Gasteiger partial charge in [-0.2, -0.15) is 0 Å². The molecule has 1 saturated heterocycles. The molecule has 1 aliphatic heterocycles. The molecule has 129 valence electrons. The Labute approximate surface area is 140 Å². The number of nitrogens with two attached hydrogens (primary N) is 1. The van der Waals surface area contributed by atoms with Gasteiger partial charge in [-0.3, -0.25) is 9.69 Å². The zero-order valence-electron chi connectivity index (χ0n) is 14.4. The third-order valence-corrected chi connectivity index (χ3v) is 4.66. The first-order valence-corrected chi connectivity index (χ1v) is 8.73. The summed E-state index contributed by atoms with van der Waals surface area (Å²) in [5, 5.41) is 0. The summed E-state index contributed by atoms with van der Waals surface area (Å²) in [7, 11) is 0. The predicted molar refractivity (Wildman–Crippen MR) is 92.6 cm³/mol. The summed E-state index contributed by atoms with van der Waals surface area (Å²) in [4.78, 5) is 16.4. The number of amides is 1. The zero-order chi connectivity index (χ0) is 16.7. The topological polar surface area (TPSA) is 58.8 Å². The standard InChI is InChI=1S/C18H30N3O2/c1-3-17(19)18(22)21-12-10-20(11-13-21)15(2)9-14-23-16-7-5-4-6-8-16/h4-5,7-8,15,17H,3,6,9-14,19H2,1-2H3/t15-,17-/m1/s1. The summed E-state index contributed by atoms with van der Waals surface area (Å²) in [5.74, 6) is 1.07. The molecule has 2 atom stereocenters. The molecule has 5 heteroatoms. The number of ether oxygens (including phenoxy) is 1. The molecule has 23 heavy (non-hydrogen) atoms. The fourth-order valence-corrected chi connectivity index (χ4v) is 2.92. The van der Waals surface area contributed by atoms with Gasteiger partial charge in [-0.15, -0.1) is 0 Å². The van der Waals surface area contributed by atoms with Gasteiger partial charge in [0.2, 0.25) is 5.91 Å². The van der Waals surface area contributed by atoms with Crippen LogP contribution < -0.4 is 5.73 Å². The SMILES string of the molecule is CC[C@@H](N)C(=O)N1CCN([C@H](C)CCOC2=CC[CH]C=C2)CC1. The number of rotatable bonds is 7. The Kier molecular flexibility index (Phi) is 7.12. The highest BCUT2D eigenvalue weighted by Gasteiger charge is 2.26. The van der Waals surface area contributed by atoms with Crippen LogP contribution in [0.5, 0.6) is 0 Å². The fraction of sp³-hybridized carbons (Fsp3) is 0.667. The minimum Gasteiger partial charge on any atom is -0.494 e. The summed E-state index contributed by atoms with van der Waals surface area (Å²) >= 11 is 0. The molecule has 0 bridgehead atoms. The lowest BCUT2D eigenvalue weighted by molar-refractivity contribution is -0.134. The lowest BCUT2D eigenvalue weighted by Crippen LogP contribution is -2.54. The quantitative estimate of drug-likeness (QED) is 0.776. The lowest BCUT2D eigenvalue weighted by atomic mass is 10.1. The molecule has 1 heterocycles. The Bertz CT molecular complexity index is 440. The average molecular weight is 320 g/mol. The molecule has 1 amide bonds. The van der Waals surface area contributed by atoms with E-state index in [4.69, 9.17) is 10.5 Å². The van der Waals surface area contributed by atoms with Crippen molar-refractivity contribution in [1.82, 2.24) is 9.80 Å². The summed E-state index contributed by atoms with van der Waals surface area (Å²) in [5.41, 5.74) is 5.84. The Morgan fingerprint density at radius 3 is 2.70 bits per heavy atom. The van der Waals surface area contributed by atoms with E-state index < -0.39 is 0 Å². The van der Waals surface area contributed by atoms with Gasteiger partial charge in [-0.1, -0.05) is 13.0 Å².